The molecule has 0 saturated carbocycles. The maximum atomic E-state index is 10.7. The van der Waals surface area contributed by atoms with Crippen molar-refractivity contribution in [1.29, 1.82) is 0 Å². The number of anilines is 4. The van der Waals surface area contributed by atoms with Crippen LogP contribution >= 0.6 is 11.3 Å². The second-order valence-electron chi connectivity index (χ2n) is 7.08. The van der Waals surface area contributed by atoms with Crippen LogP contribution in [0.4, 0.5) is 22.5 Å². The molecule has 2 N–H and O–H groups in total. The van der Waals surface area contributed by atoms with Crippen LogP contribution in [0.15, 0.2) is 73.1 Å². The van der Waals surface area contributed by atoms with Gasteiger partial charge in [-0.1, -0.05) is 29.5 Å². The van der Waals surface area contributed by atoms with Gasteiger partial charge in [0.05, 0.1) is 10.6 Å². The van der Waals surface area contributed by atoms with Crippen molar-refractivity contribution in [3.63, 3.8) is 0 Å². The fourth-order valence-electron chi connectivity index (χ4n) is 3.00. The first kappa shape index (κ1) is 21.2. The Balaban J connectivity index is 1.50. The summed E-state index contributed by atoms with van der Waals surface area (Å²) in [6.07, 6.45) is 6.27. The lowest BCUT2D eigenvalue weighted by molar-refractivity contribution is -0.131. The predicted molar refractivity (Wildman–Crippen MR) is 129 cm³/mol. The van der Waals surface area contributed by atoms with E-state index in [-0.39, 0.29) is 0 Å². The molecule has 7 nitrogen and oxygen atoms in total. The number of carbonyl (C=O) groups is 1. The van der Waals surface area contributed by atoms with E-state index >= 15 is 0 Å². The van der Waals surface area contributed by atoms with Crippen LogP contribution in [0, 0.1) is 6.92 Å². The number of aromatic nitrogens is 3. The Labute approximate surface area is 189 Å². The number of benzene rings is 1. The average molecular weight is 444 g/mol. The van der Waals surface area contributed by atoms with E-state index < -0.39 is 5.97 Å². The van der Waals surface area contributed by atoms with Crippen molar-refractivity contribution >= 4 is 45.8 Å². The van der Waals surface area contributed by atoms with Gasteiger partial charge in [-0.15, -0.1) is 0 Å². The molecule has 0 aliphatic heterocycles. The maximum Gasteiger partial charge on any atom is 0.328 e. The summed E-state index contributed by atoms with van der Waals surface area (Å²) in [6, 6.07) is 17.3. The molecule has 0 aliphatic rings. The third kappa shape index (κ3) is 5.16. The number of hydrogen-bond acceptors (Lipinski definition) is 7. The fraction of sp³-hybridized carbons (Fsp3) is 0.0833. The van der Waals surface area contributed by atoms with Crippen LogP contribution in [0.5, 0.6) is 0 Å². The lowest BCUT2D eigenvalue weighted by atomic mass is 10.2. The second-order valence-corrected chi connectivity index (χ2v) is 8.09. The first-order valence-electron chi connectivity index (χ1n) is 9.86. The number of carboxylic acids is 1. The van der Waals surface area contributed by atoms with Gasteiger partial charge in [0.1, 0.15) is 11.6 Å². The summed E-state index contributed by atoms with van der Waals surface area (Å²) < 4.78 is 0. The van der Waals surface area contributed by atoms with Gasteiger partial charge >= 0.3 is 5.97 Å². The van der Waals surface area contributed by atoms with E-state index in [1.54, 1.807) is 23.6 Å². The van der Waals surface area contributed by atoms with Gasteiger partial charge in [0.15, 0.2) is 5.13 Å². The molecule has 8 heteroatoms. The number of carboxylic acid groups (broad SMARTS) is 1. The van der Waals surface area contributed by atoms with Gasteiger partial charge in [-0.05, 0) is 60.5 Å². The van der Waals surface area contributed by atoms with Crippen molar-refractivity contribution in [3.05, 3.63) is 84.2 Å². The monoisotopic (exact) mass is 443 g/mol. The Bertz CT molecular complexity index is 1270. The molecule has 3 heterocycles. The highest BCUT2D eigenvalue weighted by atomic mass is 32.1. The summed E-state index contributed by atoms with van der Waals surface area (Å²) >= 11 is 1.54. The lowest BCUT2D eigenvalue weighted by Crippen LogP contribution is -2.08. The van der Waals surface area contributed by atoms with Crippen molar-refractivity contribution in [1.82, 2.24) is 15.0 Å². The molecule has 0 aliphatic carbocycles. The SMILES string of the molecule is Cc1ccnc(Nc2cccc(-c3cnc(N(C)c4ccc(C=CC(=O)O)cc4)s3)n2)c1. The largest absolute Gasteiger partial charge is 0.478 e. The summed E-state index contributed by atoms with van der Waals surface area (Å²) in [5, 5.41) is 12.8. The first-order chi connectivity index (χ1) is 15.5. The third-order valence-electron chi connectivity index (χ3n) is 4.65. The summed E-state index contributed by atoms with van der Waals surface area (Å²) in [5.41, 5.74) is 3.72. The standard InChI is InChI=1S/C24H21N5O2S/c1-16-12-13-25-22(14-16)28-21-5-3-4-19(27-21)20-15-26-24(32-20)29(2)18-9-6-17(7-10-18)8-11-23(30)31/h3-15H,1-2H3,(H,30,31)(H,25,27,28). The van der Waals surface area contributed by atoms with Gasteiger partial charge in [-0.2, -0.15) is 0 Å². The van der Waals surface area contributed by atoms with Gasteiger partial charge < -0.3 is 15.3 Å². The normalized spacial score (nSPS) is 10.9. The minimum Gasteiger partial charge on any atom is -0.478 e. The van der Waals surface area contributed by atoms with Gasteiger partial charge in [0.2, 0.25) is 0 Å². The highest BCUT2D eigenvalue weighted by Crippen LogP contribution is 2.33. The van der Waals surface area contributed by atoms with E-state index in [2.05, 4.69) is 15.3 Å². The van der Waals surface area contributed by atoms with Gasteiger partial charge in [-0.25, -0.2) is 19.7 Å². The van der Waals surface area contributed by atoms with E-state index in [1.165, 1.54) is 0 Å². The zero-order valence-corrected chi connectivity index (χ0v) is 18.4. The average Bonchev–Trinajstić information content (AvgIpc) is 3.28. The molecule has 160 valence electrons. The van der Waals surface area contributed by atoms with Gasteiger partial charge in [-0.3, -0.25) is 0 Å². The Morgan fingerprint density at radius 2 is 1.91 bits per heavy atom. The quantitative estimate of drug-likeness (QED) is 0.364. The number of rotatable bonds is 7. The van der Waals surface area contributed by atoms with Crippen molar-refractivity contribution < 1.29 is 9.90 Å². The molecule has 0 bridgehead atoms. The Morgan fingerprint density at radius 1 is 1.09 bits per heavy atom. The minimum atomic E-state index is -0.968. The molecule has 4 rings (SSSR count). The predicted octanol–water partition coefficient (Wildman–Crippen LogP) is 5.52. The van der Waals surface area contributed by atoms with Crippen LogP contribution in [-0.2, 0) is 4.79 Å². The molecule has 32 heavy (non-hydrogen) atoms. The number of pyridine rings is 2. The number of nitrogens with zero attached hydrogens (tertiary/aromatic N) is 4. The molecule has 0 atom stereocenters. The smallest absolute Gasteiger partial charge is 0.328 e. The molecule has 0 saturated heterocycles. The Morgan fingerprint density at radius 3 is 2.66 bits per heavy atom. The Hall–Kier alpha value is -4.04. The number of thiazole rings is 1. The summed E-state index contributed by atoms with van der Waals surface area (Å²) in [6.45, 7) is 2.02. The van der Waals surface area contributed by atoms with Crippen LogP contribution < -0.4 is 10.2 Å². The van der Waals surface area contributed by atoms with Crippen LogP contribution in [0.25, 0.3) is 16.6 Å². The molecule has 0 fully saturated rings. The van der Waals surface area contributed by atoms with E-state index in [0.717, 1.165) is 44.4 Å². The van der Waals surface area contributed by atoms with Crippen molar-refractivity contribution in [2.75, 3.05) is 17.3 Å². The fourth-order valence-corrected chi connectivity index (χ4v) is 3.87. The van der Waals surface area contributed by atoms with Crippen LogP contribution in [0.3, 0.4) is 0 Å². The summed E-state index contributed by atoms with van der Waals surface area (Å²) in [5.74, 6) is 0.500. The van der Waals surface area contributed by atoms with Crippen molar-refractivity contribution in [2.45, 2.75) is 6.92 Å². The summed E-state index contributed by atoms with van der Waals surface area (Å²) in [4.78, 5) is 27.2. The highest BCUT2D eigenvalue weighted by Gasteiger charge is 2.12. The molecule has 0 spiro atoms. The Kier molecular flexibility index (Phi) is 6.23. The zero-order chi connectivity index (χ0) is 22.5. The number of nitrogens with one attached hydrogen (secondary N) is 1. The molecule has 4 aromatic rings. The molecular formula is C24H21N5O2S. The molecule has 0 amide bonds. The third-order valence-corrected chi connectivity index (χ3v) is 5.75. The van der Waals surface area contributed by atoms with E-state index in [0.29, 0.717) is 5.82 Å². The van der Waals surface area contributed by atoms with Gasteiger partial charge in [0, 0.05) is 31.2 Å². The van der Waals surface area contributed by atoms with Crippen LogP contribution in [0.1, 0.15) is 11.1 Å². The number of hydrogen-bond donors (Lipinski definition) is 2. The first-order valence-corrected chi connectivity index (χ1v) is 10.7. The van der Waals surface area contributed by atoms with E-state index in [4.69, 9.17) is 10.1 Å². The van der Waals surface area contributed by atoms with Crippen LogP contribution in [-0.4, -0.2) is 33.1 Å². The molecule has 0 unspecified atom stereocenters. The maximum absolute atomic E-state index is 10.7. The number of aryl methyl sites for hydroxylation is 1. The number of aliphatic carboxylic acids is 1. The van der Waals surface area contributed by atoms with E-state index in [9.17, 15) is 4.79 Å². The highest BCUT2D eigenvalue weighted by molar-refractivity contribution is 7.18. The van der Waals surface area contributed by atoms with E-state index in [1.807, 2.05) is 79.7 Å². The lowest BCUT2D eigenvalue weighted by Gasteiger charge is -2.15. The second kappa shape index (κ2) is 9.40. The topological polar surface area (TPSA) is 91.2 Å². The molecular weight excluding hydrogens is 422 g/mol. The minimum absolute atomic E-state index is 0.717. The zero-order valence-electron chi connectivity index (χ0n) is 17.6. The molecule has 1 aromatic carbocycles. The van der Waals surface area contributed by atoms with Crippen LogP contribution in [0.2, 0.25) is 0 Å². The molecule has 0 radical (unpaired) electrons. The van der Waals surface area contributed by atoms with Gasteiger partial charge in [0.25, 0.3) is 0 Å². The molecule has 3 aromatic heterocycles. The summed E-state index contributed by atoms with van der Waals surface area (Å²) in [7, 11) is 1.94. The van der Waals surface area contributed by atoms with Crippen molar-refractivity contribution in [3.8, 4) is 10.6 Å². The van der Waals surface area contributed by atoms with Crippen molar-refractivity contribution in [2.24, 2.45) is 0 Å².